The van der Waals surface area contributed by atoms with Crippen LogP contribution in [-0.2, 0) is 11.3 Å². The zero-order chi connectivity index (χ0) is 13.8. The van der Waals surface area contributed by atoms with Gasteiger partial charge in [-0.15, -0.1) is 0 Å². The second kappa shape index (κ2) is 5.81. The number of nitrogens with two attached hydrogens (primary N) is 1. The minimum Gasteiger partial charge on any atom is -0.481 e. The van der Waals surface area contributed by atoms with E-state index in [-0.39, 0.29) is 12.5 Å². The molecule has 1 atom stereocenters. The van der Waals surface area contributed by atoms with Gasteiger partial charge in [0.25, 0.3) is 0 Å². The summed E-state index contributed by atoms with van der Waals surface area (Å²) in [6, 6.07) is 5.45. The molecule has 1 unspecified atom stereocenters. The maximum absolute atomic E-state index is 10.5. The quantitative estimate of drug-likeness (QED) is 0.809. The number of hydrogen-bond acceptors (Lipinski definition) is 5. The first-order valence-electron chi connectivity index (χ1n) is 6.02. The molecule has 0 radical (unpaired) electrons. The van der Waals surface area contributed by atoms with Crippen LogP contribution in [0.2, 0.25) is 0 Å². The summed E-state index contributed by atoms with van der Waals surface area (Å²) in [5, 5.41) is 8.66. The number of carboxylic acid groups (broad SMARTS) is 1. The number of carboxylic acids is 1. The molecule has 0 aliphatic rings. The topological polar surface area (TPSA) is 92.6 Å². The third kappa shape index (κ3) is 3.77. The molecule has 0 aliphatic heterocycles. The maximum Gasteiger partial charge on any atom is 0.304 e. The summed E-state index contributed by atoms with van der Waals surface area (Å²) in [5.41, 5.74) is 8.41. The average molecular weight is 263 g/mol. The molecule has 2 aromatic rings. The number of aliphatic carboxylic acids is 1. The Hall–Kier alpha value is -1.92. The van der Waals surface area contributed by atoms with Crippen molar-refractivity contribution < 1.29 is 14.3 Å². The van der Waals surface area contributed by atoms with Crippen molar-refractivity contribution in [3.05, 3.63) is 30.2 Å². The highest BCUT2D eigenvalue weighted by atomic mass is 16.4. The molecule has 3 N–H and O–H groups in total. The summed E-state index contributed by atoms with van der Waals surface area (Å²) in [5.74, 6) is -0.871. The van der Waals surface area contributed by atoms with Crippen LogP contribution in [0.25, 0.3) is 11.1 Å². The largest absolute Gasteiger partial charge is 0.481 e. The first-order chi connectivity index (χ1) is 9.04. The summed E-state index contributed by atoms with van der Waals surface area (Å²) in [4.78, 5) is 16.6. The number of benzene rings is 1. The lowest BCUT2D eigenvalue weighted by Gasteiger charge is -2.20. The summed E-state index contributed by atoms with van der Waals surface area (Å²) in [7, 11) is 1.91. The monoisotopic (exact) mass is 263 g/mol. The average Bonchev–Trinajstić information content (AvgIpc) is 2.74. The Balaban J connectivity index is 1.94. The van der Waals surface area contributed by atoms with Gasteiger partial charge >= 0.3 is 5.97 Å². The van der Waals surface area contributed by atoms with Crippen molar-refractivity contribution in [1.29, 1.82) is 0 Å². The van der Waals surface area contributed by atoms with E-state index in [4.69, 9.17) is 15.3 Å². The summed E-state index contributed by atoms with van der Waals surface area (Å²) in [6.45, 7) is 1.21. The van der Waals surface area contributed by atoms with Gasteiger partial charge in [0, 0.05) is 19.1 Å². The van der Waals surface area contributed by atoms with E-state index in [0.717, 1.165) is 16.7 Å². The molecule has 1 aromatic carbocycles. The zero-order valence-electron chi connectivity index (χ0n) is 10.7. The van der Waals surface area contributed by atoms with Crippen LogP contribution in [-0.4, -0.2) is 40.6 Å². The Morgan fingerprint density at radius 3 is 3.11 bits per heavy atom. The smallest absolute Gasteiger partial charge is 0.304 e. The van der Waals surface area contributed by atoms with Gasteiger partial charge in [-0.25, -0.2) is 4.98 Å². The molecular weight excluding hydrogens is 246 g/mol. The van der Waals surface area contributed by atoms with Crippen molar-refractivity contribution in [2.24, 2.45) is 5.73 Å². The molecule has 0 bridgehead atoms. The Bertz CT molecular complexity index is 567. The molecular formula is C13H17N3O3. The number of fused-ring (bicyclic) bond motifs is 1. The fourth-order valence-corrected chi connectivity index (χ4v) is 2.06. The lowest BCUT2D eigenvalue weighted by atomic mass is 10.1. The van der Waals surface area contributed by atoms with Gasteiger partial charge in [0.2, 0.25) is 0 Å². The summed E-state index contributed by atoms with van der Waals surface area (Å²) < 4.78 is 5.24. The van der Waals surface area contributed by atoms with Gasteiger partial charge in [0.1, 0.15) is 5.52 Å². The predicted octanol–water partition coefficient (Wildman–Crippen LogP) is 1.06. The Morgan fingerprint density at radius 2 is 2.37 bits per heavy atom. The number of likely N-dealkylation sites (N-methyl/N-ethyl adjacent to an activating group) is 1. The molecule has 0 saturated carbocycles. The van der Waals surface area contributed by atoms with E-state index in [0.29, 0.717) is 13.1 Å². The van der Waals surface area contributed by atoms with Crippen LogP contribution < -0.4 is 5.73 Å². The number of hydrogen-bond donors (Lipinski definition) is 2. The zero-order valence-corrected chi connectivity index (χ0v) is 10.7. The predicted molar refractivity (Wildman–Crippen MR) is 70.6 cm³/mol. The fourth-order valence-electron chi connectivity index (χ4n) is 2.06. The van der Waals surface area contributed by atoms with Crippen LogP contribution in [0.1, 0.15) is 12.0 Å². The van der Waals surface area contributed by atoms with Crippen LogP contribution in [0, 0.1) is 0 Å². The number of aromatic nitrogens is 1. The number of rotatable bonds is 6. The molecule has 0 aliphatic carbocycles. The highest BCUT2D eigenvalue weighted by Gasteiger charge is 2.11. The van der Waals surface area contributed by atoms with Gasteiger partial charge < -0.3 is 20.2 Å². The summed E-state index contributed by atoms with van der Waals surface area (Å²) in [6.07, 6.45) is 1.40. The van der Waals surface area contributed by atoms with Gasteiger partial charge in [0.15, 0.2) is 12.0 Å². The van der Waals surface area contributed by atoms with E-state index >= 15 is 0 Å². The minimum atomic E-state index is -0.871. The van der Waals surface area contributed by atoms with E-state index in [9.17, 15) is 4.79 Å². The van der Waals surface area contributed by atoms with Gasteiger partial charge in [-0.1, -0.05) is 6.07 Å². The molecule has 0 spiro atoms. The third-order valence-corrected chi connectivity index (χ3v) is 2.83. The first kappa shape index (κ1) is 13.5. The SMILES string of the molecule is CN(Cc1ccc2ncoc2c1)CC(N)CC(=O)O. The molecule has 1 aromatic heterocycles. The molecule has 19 heavy (non-hydrogen) atoms. The van der Waals surface area contributed by atoms with Crippen molar-refractivity contribution in [2.45, 2.75) is 19.0 Å². The molecule has 1 heterocycles. The standard InChI is InChI=1S/C13H17N3O3/c1-16(7-10(14)5-13(17)18)6-9-2-3-11-12(4-9)19-8-15-11/h2-4,8,10H,5-7,14H2,1H3,(H,17,18). The van der Waals surface area contributed by atoms with Crippen LogP contribution in [0.15, 0.2) is 29.0 Å². The molecule has 2 rings (SSSR count). The second-order valence-electron chi connectivity index (χ2n) is 4.71. The van der Waals surface area contributed by atoms with Crippen molar-refractivity contribution >= 4 is 17.1 Å². The molecule has 0 fully saturated rings. The van der Waals surface area contributed by atoms with E-state index < -0.39 is 5.97 Å². The third-order valence-electron chi connectivity index (χ3n) is 2.83. The molecule has 6 heteroatoms. The van der Waals surface area contributed by atoms with E-state index in [2.05, 4.69) is 4.98 Å². The van der Waals surface area contributed by atoms with Gasteiger partial charge in [-0.2, -0.15) is 0 Å². The van der Waals surface area contributed by atoms with Gasteiger partial charge in [-0.05, 0) is 24.7 Å². The maximum atomic E-state index is 10.5. The van der Waals surface area contributed by atoms with Gasteiger partial charge in [0.05, 0.1) is 6.42 Å². The van der Waals surface area contributed by atoms with Gasteiger partial charge in [-0.3, -0.25) is 4.79 Å². The van der Waals surface area contributed by atoms with Crippen molar-refractivity contribution in [2.75, 3.05) is 13.6 Å². The summed E-state index contributed by atoms with van der Waals surface area (Å²) >= 11 is 0. The number of oxazole rings is 1. The van der Waals surface area contributed by atoms with Crippen molar-refractivity contribution in [3.8, 4) is 0 Å². The fraction of sp³-hybridized carbons (Fsp3) is 0.385. The lowest BCUT2D eigenvalue weighted by molar-refractivity contribution is -0.137. The van der Waals surface area contributed by atoms with Crippen LogP contribution in [0.5, 0.6) is 0 Å². The number of nitrogens with zero attached hydrogens (tertiary/aromatic N) is 2. The van der Waals surface area contributed by atoms with Crippen molar-refractivity contribution in [1.82, 2.24) is 9.88 Å². The second-order valence-corrected chi connectivity index (χ2v) is 4.71. The first-order valence-corrected chi connectivity index (χ1v) is 6.02. The van der Waals surface area contributed by atoms with Crippen molar-refractivity contribution in [3.63, 3.8) is 0 Å². The molecule has 0 saturated heterocycles. The highest BCUT2D eigenvalue weighted by Crippen LogP contribution is 2.15. The normalized spacial score (nSPS) is 13.0. The van der Waals surface area contributed by atoms with E-state index in [1.165, 1.54) is 6.39 Å². The Morgan fingerprint density at radius 1 is 1.58 bits per heavy atom. The minimum absolute atomic E-state index is 0.0223. The van der Waals surface area contributed by atoms with E-state index in [1.807, 2.05) is 30.1 Å². The Labute approximate surface area is 110 Å². The van der Waals surface area contributed by atoms with E-state index in [1.54, 1.807) is 0 Å². The Kier molecular flexibility index (Phi) is 4.13. The highest BCUT2D eigenvalue weighted by molar-refractivity contribution is 5.72. The molecule has 0 amide bonds. The molecule has 102 valence electrons. The van der Waals surface area contributed by atoms with Crippen LogP contribution in [0.3, 0.4) is 0 Å². The molecule has 6 nitrogen and oxygen atoms in total. The number of carbonyl (C=O) groups is 1. The van der Waals surface area contributed by atoms with Crippen LogP contribution in [0.4, 0.5) is 0 Å². The van der Waals surface area contributed by atoms with Crippen LogP contribution >= 0.6 is 0 Å². The lowest BCUT2D eigenvalue weighted by Crippen LogP contribution is -2.36.